The number of aliphatic hydroxyl groups excluding tert-OH is 1. The molecule has 4 aliphatic rings. The van der Waals surface area contributed by atoms with Crippen molar-refractivity contribution in [2.24, 2.45) is 11.3 Å². The first-order valence-electron chi connectivity index (χ1n) is 11.1. The molecule has 0 aliphatic carbocycles. The van der Waals surface area contributed by atoms with Gasteiger partial charge in [-0.1, -0.05) is 29.8 Å². The highest BCUT2D eigenvalue weighted by molar-refractivity contribution is 5.94. The molecule has 1 aromatic heterocycles. The molecule has 6 nitrogen and oxygen atoms in total. The number of hydrogen-bond donors (Lipinski definition) is 1. The molecule has 1 aromatic carbocycles. The van der Waals surface area contributed by atoms with Crippen LogP contribution in [0.5, 0.6) is 0 Å². The SMILES string of the molecule is C/C=C1/CN2[C@H]3Cc4c(n(C(=O)OC(C)(C)C)c5ccccc45)[C@@H]2C[C@@H]1[C@@]3(C=O)CO. The summed E-state index contributed by atoms with van der Waals surface area (Å²) in [5.74, 6) is -0.0155. The highest BCUT2D eigenvalue weighted by atomic mass is 16.6. The maximum atomic E-state index is 13.3. The van der Waals surface area contributed by atoms with Crippen LogP contribution in [0, 0.1) is 11.3 Å². The quantitative estimate of drug-likeness (QED) is 0.588. The van der Waals surface area contributed by atoms with E-state index >= 15 is 0 Å². The number of carbonyl (C=O) groups excluding carboxylic acids is 2. The molecule has 2 aromatic rings. The number of para-hydroxylation sites is 1. The maximum absolute atomic E-state index is 13.3. The number of benzene rings is 1. The molecule has 1 N–H and O–H groups in total. The van der Waals surface area contributed by atoms with E-state index in [0.29, 0.717) is 12.8 Å². The van der Waals surface area contributed by atoms with E-state index in [1.165, 1.54) is 5.57 Å². The predicted octanol–water partition coefficient (Wildman–Crippen LogP) is 3.85. The number of aromatic nitrogens is 1. The second-order valence-corrected chi connectivity index (χ2v) is 10.1. The Morgan fingerprint density at radius 2 is 2.06 bits per heavy atom. The zero-order valence-electron chi connectivity index (χ0n) is 18.6. The number of carbonyl (C=O) groups is 2. The number of allylic oxidation sites excluding steroid dienone is 1. The number of ether oxygens (including phenoxy) is 1. The van der Waals surface area contributed by atoms with Crippen molar-refractivity contribution in [3.8, 4) is 0 Å². The molecular formula is C25H30N2O4. The lowest BCUT2D eigenvalue weighted by molar-refractivity contribution is -0.147. The first-order valence-corrected chi connectivity index (χ1v) is 11.1. The average Bonchev–Trinajstić information content (AvgIpc) is 3.07. The summed E-state index contributed by atoms with van der Waals surface area (Å²) in [4.78, 5) is 28.1. The van der Waals surface area contributed by atoms with Gasteiger partial charge in [-0.2, -0.15) is 0 Å². The van der Waals surface area contributed by atoms with Crippen molar-refractivity contribution in [3.63, 3.8) is 0 Å². The third-order valence-corrected chi connectivity index (χ3v) is 7.51. The Bertz CT molecular complexity index is 1110. The number of nitrogens with zero attached hydrogens (tertiary/aromatic N) is 2. The van der Waals surface area contributed by atoms with Crippen molar-refractivity contribution in [1.29, 1.82) is 0 Å². The van der Waals surface area contributed by atoms with E-state index < -0.39 is 11.0 Å². The second-order valence-electron chi connectivity index (χ2n) is 10.1. The molecule has 31 heavy (non-hydrogen) atoms. The third kappa shape index (κ3) is 2.71. The van der Waals surface area contributed by atoms with Crippen molar-refractivity contribution in [3.05, 3.63) is 47.2 Å². The molecule has 0 spiro atoms. The summed E-state index contributed by atoms with van der Waals surface area (Å²) in [7, 11) is 0. The molecular weight excluding hydrogens is 392 g/mol. The maximum Gasteiger partial charge on any atom is 0.419 e. The Morgan fingerprint density at radius 1 is 1.32 bits per heavy atom. The molecule has 5 atom stereocenters. The van der Waals surface area contributed by atoms with Gasteiger partial charge in [0.05, 0.1) is 29.3 Å². The van der Waals surface area contributed by atoms with E-state index in [1.54, 1.807) is 4.57 Å². The van der Waals surface area contributed by atoms with Crippen LogP contribution in [0.15, 0.2) is 35.9 Å². The van der Waals surface area contributed by atoms with Crippen LogP contribution in [0.1, 0.15) is 51.4 Å². The van der Waals surface area contributed by atoms with Gasteiger partial charge in [0, 0.05) is 18.0 Å². The largest absolute Gasteiger partial charge is 0.443 e. The lowest BCUT2D eigenvalue weighted by atomic mass is 9.56. The number of fused-ring (bicyclic) bond motifs is 4. The molecule has 0 amide bonds. The molecule has 4 aliphatic heterocycles. The monoisotopic (exact) mass is 422 g/mol. The lowest BCUT2D eigenvalue weighted by Gasteiger charge is -2.62. The summed E-state index contributed by atoms with van der Waals surface area (Å²) in [6, 6.07) is 7.87. The van der Waals surface area contributed by atoms with Crippen molar-refractivity contribution in [1.82, 2.24) is 9.47 Å². The minimum absolute atomic E-state index is 0.0155. The molecule has 4 bridgehead atoms. The molecule has 3 saturated heterocycles. The van der Waals surface area contributed by atoms with Crippen molar-refractivity contribution in [2.45, 2.75) is 58.2 Å². The third-order valence-electron chi connectivity index (χ3n) is 7.51. The van der Waals surface area contributed by atoms with Gasteiger partial charge in [-0.25, -0.2) is 9.36 Å². The summed E-state index contributed by atoms with van der Waals surface area (Å²) in [6.45, 7) is 8.24. The molecule has 5 heterocycles. The number of aliphatic hydroxyl groups is 1. The highest BCUT2D eigenvalue weighted by Crippen LogP contribution is 2.59. The van der Waals surface area contributed by atoms with Gasteiger partial charge in [0.25, 0.3) is 0 Å². The van der Waals surface area contributed by atoms with E-state index in [0.717, 1.165) is 35.0 Å². The van der Waals surface area contributed by atoms with Gasteiger partial charge < -0.3 is 14.6 Å². The predicted molar refractivity (Wildman–Crippen MR) is 118 cm³/mol. The number of rotatable bonds is 2. The van der Waals surface area contributed by atoms with Crippen LogP contribution in [0.3, 0.4) is 0 Å². The molecule has 3 fully saturated rings. The minimum Gasteiger partial charge on any atom is -0.443 e. The Kier molecular flexibility index (Phi) is 4.47. The Morgan fingerprint density at radius 3 is 2.71 bits per heavy atom. The fourth-order valence-corrected chi connectivity index (χ4v) is 6.24. The van der Waals surface area contributed by atoms with E-state index in [-0.39, 0.29) is 30.7 Å². The van der Waals surface area contributed by atoms with Crippen LogP contribution in [0.2, 0.25) is 0 Å². The van der Waals surface area contributed by atoms with Crippen molar-refractivity contribution < 1.29 is 19.4 Å². The lowest BCUT2D eigenvalue weighted by Crippen LogP contribution is -2.67. The molecule has 0 radical (unpaired) electrons. The molecule has 0 saturated carbocycles. The Balaban J connectivity index is 1.73. The molecule has 164 valence electrons. The minimum atomic E-state index is -0.802. The van der Waals surface area contributed by atoms with Gasteiger partial charge >= 0.3 is 6.09 Å². The summed E-state index contributed by atoms with van der Waals surface area (Å²) >= 11 is 0. The van der Waals surface area contributed by atoms with E-state index in [4.69, 9.17) is 4.74 Å². The number of hydrogen-bond acceptors (Lipinski definition) is 5. The summed E-state index contributed by atoms with van der Waals surface area (Å²) in [6.07, 6.45) is 4.06. The first kappa shape index (κ1) is 20.5. The van der Waals surface area contributed by atoms with Crippen molar-refractivity contribution >= 4 is 23.3 Å². The van der Waals surface area contributed by atoms with Gasteiger partial charge in [-0.3, -0.25) is 4.90 Å². The van der Waals surface area contributed by atoms with Gasteiger partial charge in [-0.15, -0.1) is 0 Å². The van der Waals surface area contributed by atoms with Gasteiger partial charge in [-0.05, 0) is 58.1 Å². The number of piperidine rings is 3. The normalized spacial score (nSPS) is 32.9. The first-order chi connectivity index (χ1) is 14.8. The van der Waals surface area contributed by atoms with Gasteiger partial charge in [0.1, 0.15) is 11.9 Å². The standard InChI is InChI=1S/C25H30N2O4/c1-5-15-12-26-20-11-18(15)25(13-28,14-29)21(26)10-17-16-8-6-7-9-19(16)27(22(17)20)23(30)31-24(2,3)4/h5-9,13,18,20-21,29H,10-12,14H2,1-4H3/b15-5-/t18-,20-,21-,25+/m0/s1. The summed E-state index contributed by atoms with van der Waals surface area (Å²) < 4.78 is 7.56. The van der Waals surface area contributed by atoms with Crippen LogP contribution in [0.25, 0.3) is 10.9 Å². The van der Waals surface area contributed by atoms with Gasteiger partial charge in [0.15, 0.2) is 0 Å². The fraction of sp³-hybridized carbons (Fsp3) is 0.520. The van der Waals surface area contributed by atoms with E-state index in [2.05, 4.69) is 11.0 Å². The average molecular weight is 423 g/mol. The Hall–Kier alpha value is -2.44. The van der Waals surface area contributed by atoms with Crippen LogP contribution in [-0.4, -0.2) is 51.7 Å². The molecule has 6 heteroatoms. The van der Waals surface area contributed by atoms with Crippen molar-refractivity contribution in [2.75, 3.05) is 13.2 Å². The zero-order chi connectivity index (χ0) is 22.1. The van der Waals surface area contributed by atoms with E-state index in [1.807, 2.05) is 52.0 Å². The number of aldehydes is 1. The Labute approximate surface area is 182 Å². The van der Waals surface area contributed by atoms with Crippen LogP contribution >= 0.6 is 0 Å². The second kappa shape index (κ2) is 6.78. The van der Waals surface area contributed by atoms with E-state index in [9.17, 15) is 14.7 Å². The molecule has 1 unspecified atom stereocenters. The zero-order valence-corrected chi connectivity index (χ0v) is 18.6. The fourth-order valence-electron chi connectivity index (χ4n) is 6.24. The van der Waals surface area contributed by atoms with Crippen LogP contribution in [0.4, 0.5) is 4.79 Å². The molecule has 6 rings (SSSR count). The van der Waals surface area contributed by atoms with Gasteiger partial charge in [0.2, 0.25) is 0 Å². The smallest absolute Gasteiger partial charge is 0.419 e. The topological polar surface area (TPSA) is 71.8 Å². The summed E-state index contributed by atoms with van der Waals surface area (Å²) in [5, 5.41) is 11.4. The van der Waals surface area contributed by atoms with Crippen LogP contribution in [-0.2, 0) is 16.0 Å². The highest BCUT2D eigenvalue weighted by Gasteiger charge is 2.61. The van der Waals surface area contributed by atoms with Crippen LogP contribution < -0.4 is 0 Å². The summed E-state index contributed by atoms with van der Waals surface area (Å²) in [5.41, 5.74) is 2.75.